The molecule has 3 heterocycles. The molecule has 162 valence electrons. The number of fused-ring (bicyclic) bond motifs is 1. The lowest BCUT2D eigenvalue weighted by molar-refractivity contribution is -0.127. The van der Waals surface area contributed by atoms with Crippen LogP contribution in [0.3, 0.4) is 0 Å². The van der Waals surface area contributed by atoms with Gasteiger partial charge in [0.05, 0.1) is 5.39 Å². The molecule has 0 spiro atoms. The number of amides is 1. The number of carbonyl (C=O) groups excluding carboxylic acids is 1. The van der Waals surface area contributed by atoms with E-state index in [2.05, 4.69) is 69.4 Å². The molecule has 5 rings (SSSR count). The van der Waals surface area contributed by atoms with Gasteiger partial charge in [-0.25, -0.2) is 9.97 Å². The summed E-state index contributed by atoms with van der Waals surface area (Å²) in [5.74, 6) is 1.10. The lowest BCUT2D eigenvalue weighted by Crippen LogP contribution is -2.27. The number of hydrogen-bond acceptors (Lipinski definition) is 4. The molecule has 1 fully saturated rings. The molecule has 1 saturated heterocycles. The van der Waals surface area contributed by atoms with Gasteiger partial charge in [-0.2, -0.15) is 0 Å². The Morgan fingerprint density at radius 3 is 2.59 bits per heavy atom. The third-order valence-electron chi connectivity index (χ3n) is 6.05. The lowest BCUT2D eigenvalue weighted by Gasteiger charge is -2.15. The van der Waals surface area contributed by atoms with Crippen LogP contribution in [0.4, 0.5) is 5.82 Å². The van der Waals surface area contributed by atoms with E-state index in [1.54, 1.807) is 6.33 Å². The van der Waals surface area contributed by atoms with E-state index in [1.807, 2.05) is 23.1 Å². The number of nitrogens with one attached hydrogen (secondary N) is 1. The zero-order chi connectivity index (χ0) is 21.9. The van der Waals surface area contributed by atoms with Crippen molar-refractivity contribution in [3.63, 3.8) is 0 Å². The molecular weight excluding hydrogens is 398 g/mol. The van der Waals surface area contributed by atoms with Crippen LogP contribution >= 0.6 is 0 Å². The number of aromatic nitrogens is 3. The third-order valence-corrected chi connectivity index (χ3v) is 6.05. The van der Waals surface area contributed by atoms with E-state index in [9.17, 15) is 4.79 Å². The first-order chi connectivity index (χ1) is 15.7. The standard InChI is InChI=1S/C26H27N5O/c1-19-10-12-21(13-11-19)31-17-22(20-7-3-2-4-8-20)24-25(28-18-29-26(24)31)27-14-6-16-30-15-5-9-23(30)32/h2-4,7-8,10-13,17-18H,5-6,9,14-16H2,1H3,(H,27,28,29). The Bertz CT molecular complexity index is 1230. The molecule has 0 aliphatic carbocycles. The zero-order valence-electron chi connectivity index (χ0n) is 18.3. The monoisotopic (exact) mass is 425 g/mol. The Morgan fingerprint density at radius 1 is 1.03 bits per heavy atom. The second kappa shape index (κ2) is 8.83. The normalized spacial score (nSPS) is 13.8. The Balaban J connectivity index is 1.49. The van der Waals surface area contributed by atoms with Gasteiger partial charge >= 0.3 is 0 Å². The minimum absolute atomic E-state index is 0.274. The molecule has 1 aliphatic heterocycles. The van der Waals surface area contributed by atoms with Gasteiger partial charge in [-0.05, 0) is 37.5 Å². The van der Waals surface area contributed by atoms with Gasteiger partial charge in [-0.1, -0.05) is 48.0 Å². The minimum atomic E-state index is 0.274. The average molecular weight is 426 g/mol. The highest BCUT2D eigenvalue weighted by molar-refractivity contribution is 6.02. The predicted octanol–water partition coefficient (Wildman–Crippen LogP) is 4.82. The van der Waals surface area contributed by atoms with Crippen LogP contribution in [0.2, 0.25) is 0 Å². The molecule has 0 radical (unpaired) electrons. The number of carbonyl (C=O) groups is 1. The predicted molar refractivity (Wildman–Crippen MR) is 128 cm³/mol. The summed E-state index contributed by atoms with van der Waals surface area (Å²) in [6.07, 6.45) is 6.32. The fourth-order valence-electron chi connectivity index (χ4n) is 4.35. The van der Waals surface area contributed by atoms with Crippen LogP contribution in [0, 0.1) is 6.92 Å². The average Bonchev–Trinajstić information content (AvgIpc) is 3.42. The summed E-state index contributed by atoms with van der Waals surface area (Å²) in [7, 11) is 0. The number of rotatable bonds is 7. The van der Waals surface area contributed by atoms with Gasteiger partial charge < -0.3 is 14.8 Å². The Kier molecular flexibility index (Phi) is 5.58. The smallest absolute Gasteiger partial charge is 0.222 e. The highest BCUT2D eigenvalue weighted by Crippen LogP contribution is 2.35. The molecule has 2 aromatic heterocycles. The van der Waals surface area contributed by atoms with Crippen molar-refractivity contribution in [2.75, 3.05) is 25.0 Å². The number of aryl methyl sites for hydroxylation is 1. The van der Waals surface area contributed by atoms with E-state index in [0.717, 1.165) is 66.1 Å². The molecule has 6 heteroatoms. The maximum absolute atomic E-state index is 11.9. The van der Waals surface area contributed by atoms with E-state index in [-0.39, 0.29) is 5.91 Å². The maximum atomic E-state index is 11.9. The van der Waals surface area contributed by atoms with E-state index in [1.165, 1.54) is 5.56 Å². The van der Waals surface area contributed by atoms with Crippen molar-refractivity contribution in [2.24, 2.45) is 0 Å². The fraction of sp³-hybridized carbons (Fsp3) is 0.269. The van der Waals surface area contributed by atoms with Gasteiger partial charge in [-0.15, -0.1) is 0 Å². The van der Waals surface area contributed by atoms with Gasteiger partial charge in [0.15, 0.2) is 5.65 Å². The van der Waals surface area contributed by atoms with Crippen LogP contribution in [-0.4, -0.2) is 45.0 Å². The first-order valence-electron chi connectivity index (χ1n) is 11.2. The number of likely N-dealkylation sites (tertiary alicyclic amines) is 1. The molecule has 6 nitrogen and oxygen atoms in total. The van der Waals surface area contributed by atoms with Crippen molar-refractivity contribution in [2.45, 2.75) is 26.2 Å². The quantitative estimate of drug-likeness (QED) is 0.431. The van der Waals surface area contributed by atoms with Crippen LogP contribution in [0.15, 0.2) is 67.1 Å². The van der Waals surface area contributed by atoms with Crippen molar-refractivity contribution >= 4 is 22.8 Å². The zero-order valence-corrected chi connectivity index (χ0v) is 18.3. The van der Waals surface area contributed by atoms with E-state index in [0.29, 0.717) is 6.42 Å². The Labute approximate surface area is 187 Å². The highest BCUT2D eigenvalue weighted by atomic mass is 16.2. The number of benzene rings is 2. The van der Waals surface area contributed by atoms with Gasteiger partial charge in [0, 0.05) is 43.5 Å². The maximum Gasteiger partial charge on any atom is 0.222 e. The van der Waals surface area contributed by atoms with Crippen molar-refractivity contribution in [3.05, 3.63) is 72.7 Å². The first-order valence-corrected chi connectivity index (χ1v) is 11.2. The number of anilines is 1. The molecule has 1 amide bonds. The van der Waals surface area contributed by atoms with Crippen molar-refractivity contribution < 1.29 is 4.79 Å². The summed E-state index contributed by atoms with van der Waals surface area (Å²) in [5.41, 5.74) is 5.39. The van der Waals surface area contributed by atoms with E-state index >= 15 is 0 Å². The van der Waals surface area contributed by atoms with Crippen LogP contribution in [-0.2, 0) is 4.79 Å². The van der Waals surface area contributed by atoms with Crippen LogP contribution in [0.25, 0.3) is 27.8 Å². The van der Waals surface area contributed by atoms with Gasteiger partial charge in [0.2, 0.25) is 5.91 Å². The van der Waals surface area contributed by atoms with E-state index < -0.39 is 0 Å². The highest BCUT2D eigenvalue weighted by Gasteiger charge is 2.20. The SMILES string of the molecule is Cc1ccc(-n2cc(-c3ccccc3)c3c(NCCCN4CCCC4=O)ncnc32)cc1. The molecule has 0 atom stereocenters. The van der Waals surface area contributed by atoms with Gasteiger partial charge in [0.25, 0.3) is 0 Å². The second-order valence-corrected chi connectivity index (χ2v) is 8.30. The summed E-state index contributed by atoms with van der Waals surface area (Å²) < 4.78 is 2.13. The molecule has 4 aromatic rings. The fourth-order valence-corrected chi connectivity index (χ4v) is 4.35. The molecule has 2 aromatic carbocycles. The van der Waals surface area contributed by atoms with Gasteiger partial charge in [-0.3, -0.25) is 4.79 Å². The molecule has 0 bridgehead atoms. The van der Waals surface area contributed by atoms with Crippen molar-refractivity contribution in [1.82, 2.24) is 19.4 Å². The summed E-state index contributed by atoms with van der Waals surface area (Å²) in [4.78, 5) is 23.0. The molecule has 0 unspecified atom stereocenters. The third kappa shape index (κ3) is 3.96. The molecule has 0 saturated carbocycles. The van der Waals surface area contributed by atoms with E-state index in [4.69, 9.17) is 0 Å². The largest absolute Gasteiger partial charge is 0.369 e. The molecule has 32 heavy (non-hydrogen) atoms. The Hall–Kier alpha value is -3.67. The molecular formula is C26H27N5O. The van der Waals surface area contributed by atoms with Crippen LogP contribution in [0.5, 0.6) is 0 Å². The summed E-state index contributed by atoms with van der Waals surface area (Å²) >= 11 is 0. The number of nitrogens with zero attached hydrogens (tertiary/aromatic N) is 4. The van der Waals surface area contributed by atoms with Crippen molar-refractivity contribution in [3.8, 4) is 16.8 Å². The topological polar surface area (TPSA) is 63.1 Å². The van der Waals surface area contributed by atoms with Crippen LogP contribution in [0.1, 0.15) is 24.8 Å². The summed E-state index contributed by atoms with van der Waals surface area (Å²) in [6.45, 7) is 4.51. The lowest BCUT2D eigenvalue weighted by atomic mass is 10.1. The number of hydrogen-bond donors (Lipinski definition) is 1. The Morgan fingerprint density at radius 2 is 1.84 bits per heavy atom. The van der Waals surface area contributed by atoms with Gasteiger partial charge in [0.1, 0.15) is 12.1 Å². The van der Waals surface area contributed by atoms with Crippen LogP contribution < -0.4 is 5.32 Å². The molecule has 1 aliphatic rings. The van der Waals surface area contributed by atoms with Crippen molar-refractivity contribution in [1.29, 1.82) is 0 Å². The summed E-state index contributed by atoms with van der Waals surface area (Å²) in [5, 5.41) is 4.52. The first kappa shape index (κ1) is 20.2. The second-order valence-electron chi connectivity index (χ2n) is 8.30. The molecule has 1 N–H and O–H groups in total. The summed E-state index contributed by atoms with van der Waals surface area (Å²) in [6, 6.07) is 18.8. The minimum Gasteiger partial charge on any atom is -0.369 e.